The molecule has 1 aromatic rings. The van der Waals surface area contributed by atoms with E-state index in [0.29, 0.717) is 0 Å². The van der Waals surface area contributed by atoms with Crippen molar-refractivity contribution in [2.75, 3.05) is 12.4 Å². The maximum Gasteiger partial charge on any atom is 0.306 e. The quantitative estimate of drug-likeness (QED) is 0.762. The van der Waals surface area contributed by atoms with Gasteiger partial charge in [0, 0.05) is 5.75 Å². The minimum Gasteiger partial charge on any atom is -0.466 e. The Bertz CT molecular complexity index is 435. The summed E-state index contributed by atoms with van der Waals surface area (Å²) in [6, 6.07) is 2.73. The van der Waals surface area contributed by atoms with Gasteiger partial charge in [0.05, 0.1) is 28.7 Å². The van der Waals surface area contributed by atoms with E-state index in [0.717, 1.165) is 18.2 Å². The zero-order valence-electron chi connectivity index (χ0n) is 9.24. The molecular formula is C11H12F2O3S. The van der Waals surface area contributed by atoms with Crippen molar-refractivity contribution in [3.8, 4) is 0 Å². The molecule has 0 aromatic heterocycles. The van der Waals surface area contributed by atoms with Crippen molar-refractivity contribution in [1.82, 2.24) is 0 Å². The van der Waals surface area contributed by atoms with Gasteiger partial charge in [-0.3, -0.25) is 9.00 Å². The maximum atomic E-state index is 13.2. The van der Waals surface area contributed by atoms with E-state index in [9.17, 15) is 17.8 Å². The molecule has 0 saturated heterocycles. The lowest BCUT2D eigenvalue weighted by atomic mass is 10.3. The summed E-state index contributed by atoms with van der Waals surface area (Å²) in [7, 11) is -1.75. The van der Waals surface area contributed by atoms with Gasteiger partial charge in [-0.15, -0.1) is 0 Å². The summed E-state index contributed by atoms with van der Waals surface area (Å²) in [5, 5.41) is 0. The Morgan fingerprint density at radius 2 is 2.12 bits per heavy atom. The summed E-state index contributed by atoms with van der Waals surface area (Å²) in [6.07, 6.45) is -0.0869. The minimum absolute atomic E-state index is 0.0841. The molecule has 0 amide bonds. The Balaban J connectivity index is 2.64. The van der Waals surface area contributed by atoms with Gasteiger partial charge in [-0.1, -0.05) is 0 Å². The summed E-state index contributed by atoms with van der Waals surface area (Å²) < 4.78 is 42.3. The van der Waals surface area contributed by atoms with Gasteiger partial charge >= 0.3 is 5.97 Å². The molecule has 0 bridgehead atoms. The first kappa shape index (κ1) is 13.8. The normalized spacial score (nSPS) is 12.2. The maximum absolute atomic E-state index is 13.2. The van der Waals surface area contributed by atoms with Gasteiger partial charge in [-0.25, -0.2) is 8.78 Å². The highest BCUT2D eigenvalue weighted by atomic mass is 32.2. The van der Waals surface area contributed by atoms with Crippen LogP contribution in [0.15, 0.2) is 23.1 Å². The lowest BCUT2D eigenvalue weighted by molar-refractivity contribution is -0.142. The average Bonchev–Trinajstić information content (AvgIpc) is 2.29. The van der Waals surface area contributed by atoms with Gasteiger partial charge in [-0.2, -0.15) is 0 Å². The SMILES string of the molecule is CCOC(=O)CCS(=O)c1cc(F)ccc1F. The van der Waals surface area contributed by atoms with Crippen LogP contribution in [-0.2, 0) is 20.3 Å². The van der Waals surface area contributed by atoms with Crippen molar-refractivity contribution in [2.24, 2.45) is 0 Å². The smallest absolute Gasteiger partial charge is 0.306 e. The van der Waals surface area contributed by atoms with Gasteiger partial charge < -0.3 is 4.74 Å². The number of carbonyl (C=O) groups is 1. The zero-order chi connectivity index (χ0) is 12.8. The van der Waals surface area contributed by atoms with Crippen molar-refractivity contribution in [1.29, 1.82) is 0 Å². The molecule has 0 heterocycles. The Morgan fingerprint density at radius 3 is 2.76 bits per heavy atom. The highest BCUT2D eigenvalue weighted by Gasteiger charge is 2.13. The van der Waals surface area contributed by atoms with Crippen LogP contribution in [0.1, 0.15) is 13.3 Å². The van der Waals surface area contributed by atoms with Crippen LogP contribution in [0.25, 0.3) is 0 Å². The van der Waals surface area contributed by atoms with Crippen LogP contribution in [-0.4, -0.2) is 22.5 Å². The Morgan fingerprint density at radius 1 is 1.41 bits per heavy atom. The Labute approximate surface area is 100 Å². The minimum atomic E-state index is -1.75. The Hall–Kier alpha value is -1.30. The number of halogens is 2. The van der Waals surface area contributed by atoms with Crippen LogP contribution in [0.2, 0.25) is 0 Å². The molecule has 3 nitrogen and oxygen atoms in total. The van der Waals surface area contributed by atoms with Crippen molar-refractivity contribution in [3.63, 3.8) is 0 Å². The van der Waals surface area contributed by atoms with Gasteiger partial charge in [0.2, 0.25) is 0 Å². The van der Waals surface area contributed by atoms with E-state index in [1.807, 2.05) is 0 Å². The third-order valence-electron chi connectivity index (χ3n) is 1.94. The van der Waals surface area contributed by atoms with Crippen molar-refractivity contribution in [2.45, 2.75) is 18.2 Å². The first-order valence-corrected chi connectivity index (χ1v) is 6.35. The third-order valence-corrected chi connectivity index (χ3v) is 3.31. The highest BCUT2D eigenvalue weighted by molar-refractivity contribution is 7.85. The van der Waals surface area contributed by atoms with Crippen LogP contribution in [0.3, 0.4) is 0 Å². The number of hydrogen-bond acceptors (Lipinski definition) is 3. The zero-order valence-corrected chi connectivity index (χ0v) is 10.1. The van der Waals surface area contributed by atoms with E-state index in [1.165, 1.54) is 0 Å². The molecule has 0 aliphatic rings. The lowest BCUT2D eigenvalue weighted by Crippen LogP contribution is -2.10. The largest absolute Gasteiger partial charge is 0.466 e. The first-order chi connectivity index (χ1) is 8.04. The summed E-state index contributed by atoms with van der Waals surface area (Å²) in [5.41, 5.74) is 0. The van der Waals surface area contributed by atoms with Crippen LogP contribution < -0.4 is 0 Å². The van der Waals surface area contributed by atoms with E-state index in [2.05, 4.69) is 4.74 Å². The lowest BCUT2D eigenvalue weighted by Gasteiger charge is -2.04. The van der Waals surface area contributed by atoms with E-state index in [-0.39, 0.29) is 23.7 Å². The topological polar surface area (TPSA) is 43.4 Å². The van der Waals surface area contributed by atoms with Crippen LogP contribution >= 0.6 is 0 Å². The molecule has 0 spiro atoms. The molecule has 0 aliphatic carbocycles. The van der Waals surface area contributed by atoms with Gasteiger partial charge in [0.1, 0.15) is 11.6 Å². The highest BCUT2D eigenvalue weighted by Crippen LogP contribution is 2.14. The number of ether oxygens (including phenoxy) is 1. The standard InChI is InChI=1S/C11H12F2O3S/c1-2-16-11(14)5-6-17(15)10-7-8(12)3-4-9(10)13/h3-4,7H,2,5-6H2,1H3. The number of carbonyl (C=O) groups excluding carboxylic acids is 1. The second-order valence-corrected chi connectivity index (χ2v) is 4.72. The molecule has 1 unspecified atom stereocenters. The molecule has 0 aliphatic heterocycles. The molecular weight excluding hydrogens is 250 g/mol. The number of benzene rings is 1. The van der Waals surface area contributed by atoms with Crippen LogP contribution in [0.5, 0.6) is 0 Å². The van der Waals surface area contributed by atoms with Gasteiger partial charge in [0.15, 0.2) is 0 Å². The second-order valence-electron chi connectivity index (χ2n) is 3.18. The fraction of sp³-hybridized carbons (Fsp3) is 0.364. The average molecular weight is 262 g/mol. The number of esters is 1. The molecule has 0 N–H and O–H groups in total. The van der Waals surface area contributed by atoms with Crippen molar-refractivity contribution in [3.05, 3.63) is 29.8 Å². The Kier molecular flexibility index (Phi) is 5.21. The summed E-state index contributed by atoms with van der Waals surface area (Å²) in [5.74, 6) is -1.99. The third kappa shape index (κ3) is 4.22. The van der Waals surface area contributed by atoms with Gasteiger partial charge in [0.25, 0.3) is 0 Å². The summed E-state index contributed by atoms with van der Waals surface area (Å²) in [4.78, 5) is 10.8. The monoisotopic (exact) mass is 262 g/mol. The molecule has 1 aromatic carbocycles. The number of hydrogen-bond donors (Lipinski definition) is 0. The van der Waals surface area contributed by atoms with Crippen molar-refractivity contribution >= 4 is 16.8 Å². The van der Waals surface area contributed by atoms with E-state index < -0.39 is 28.4 Å². The molecule has 0 saturated carbocycles. The predicted octanol–water partition coefficient (Wildman–Crippen LogP) is 2.03. The molecule has 94 valence electrons. The molecule has 1 atom stereocenters. The fourth-order valence-corrected chi connectivity index (χ4v) is 2.27. The molecule has 0 fully saturated rings. The predicted molar refractivity (Wildman–Crippen MR) is 58.9 cm³/mol. The fourth-order valence-electron chi connectivity index (χ4n) is 1.17. The van der Waals surface area contributed by atoms with E-state index in [4.69, 9.17) is 0 Å². The van der Waals surface area contributed by atoms with Gasteiger partial charge in [-0.05, 0) is 25.1 Å². The van der Waals surface area contributed by atoms with E-state index in [1.54, 1.807) is 6.92 Å². The summed E-state index contributed by atoms with van der Waals surface area (Å²) in [6.45, 7) is 1.89. The molecule has 1 rings (SSSR count). The van der Waals surface area contributed by atoms with E-state index >= 15 is 0 Å². The second kappa shape index (κ2) is 6.44. The van der Waals surface area contributed by atoms with Crippen LogP contribution in [0.4, 0.5) is 8.78 Å². The molecule has 0 radical (unpaired) electrons. The molecule has 17 heavy (non-hydrogen) atoms. The van der Waals surface area contributed by atoms with Crippen molar-refractivity contribution < 1.29 is 22.5 Å². The molecule has 6 heteroatoms. The summed E-state index contributed by atoms with van der Waals surface area (Å²) >= 11 is 0. The number of rotatable bonds is 5. The van der Waals surface area contributed by atoms with Crippen LogP contribution in [0, 0.1) is 11.6 Å². The first-order valence-electron chi connectivity index (χ1n) is 5.03.